The van der Waals surface area contributed by atoms with Crippen molar-refractivity contribution in [2.45, 2.75) is 33.6 Å². The third kappa shape index (κ3) is 2.54. The molecule has 0 N–H and O–H groups in total. The predicted octanol–water partition coefficient (Wildman–Crippen LogP) is 3.56. The number of benzene rings is 1. The summed E-state index contributed by atoms with van der Waals surface area (Å²) in [6, 6.07) is 10.4. The molecule has 3 rings (SSSR count). The molecular weight excluding hydrogens is 276 g/mol. The normalized spacial score (nSPS) is 20.4. The lowest BCUT2D eigenvalue weighted by molar-refractivity contribution is 0.0744. The van der Waals surface area contributed by atoms with E-state index in [1.54, 1.807) is 6.92 Å². The Morgan fingerprint density at radius 1 is 1.27 bits per heavy atom. The van der Waals surface area contributed by atoms with Gasteiger partial charge in [0.05, 0.1) is 5.69 Å². The van der Waals surface area contributed by atoms with Crippen LogP contribution in [0.15, 0.2) is 34.7 Å². The van der Waals surface area contributed by atoms with Crippen LogP contribution in [0.5, 0.6) is 0 Å². The van der Waals surface area contributed by atoms with Crippen molar-refractivity contribution in [2.24, 2.45) is 5.41 Å². The van der Waals surface area contributed by atoms with E-state index in [1.165, 1.54) is 5.56 Å². The highest BCUT2D eigenvalue weighted by Crippen LogP contribution is 2.42. The molecule has 0 aliphatic carbocycles. The molecule has 116 valence electrons. The molecule has 2 aromatic rings. The Labute approximate surface area is 131 Å². The van der Waals surface area contributed by atoms with Crippen molar-refractivity contribution in [3.8, 4) is 0 Å². The van der Waals surface area contributed by atoms with Crippen LogP contribution >= 0.6 is 0 Å². The van der Waals surface area contributed by atoms with E-state index in [1.807, 2.05) is 17.9 Å². The van der Waals surface area contributed by atoms with E-state index >= 15 is 0 Å². The van der Waals surface area contributed by atoms with Crippen molar-refractivity contribution in [1.29, 1.82) is 0 Å². The molecule has 0 unspecified atom stereocenters. The average molecular weight is 298 g/mol. The standard InChI is InChI=1S/C18H22N2O2/c1-12-16(22-13(2)19-12)17(21)20-10-15(18(3,4)11-20)14-8-6-5-7-9-14/h5-9,15H,10-11H2,1-4H3/t15-/m1/s1. The summed E-state index contributed by atoms with van der Waals surface area (Å²) in [5.74, 6) is 1.20. The van der Waals surface area contributed by atoms with Gasteiger partial charge in [-0.3, -0.25) is 4.79 Å². The number of likely N-dealkylation sites (tertiary alicyclic amines) is 1. The van der Waals surface area contributed by atoms with Crippen molar-refractivity contribution in [1.82, 2.24) is 9.88 Å². The zero-order valence-electron chi connectivity index (χ0n) is 13.6. The van der Waals surface area contributed by atoms with Crippen LogP contribution in [0.3, 0.4) is 0 Å². The second kappa shape index (κ2) is 5.27. The highest BCUT2D eigenvalue weighted by atomic mass is 16.4. The Morgan fingerprint density at radius 2 is 1.95 bits per heavy atom. The number of hydrogen-bond donors (Lipinski definition) is 0. The summed E-state index contributed by atoms with van der Waals surface area (Å²) >= 11 is 0. The average Bonchev–Trinajstić information content (AvgIpc) is 2.98. The maximum Gasteiger partial charge on any atom is 0.291 e. The zero-order valence-corrected chi connectivity index (χ0v) is 13.6. The first-order valence-corrected chi connectivity index (χ1v) is 7.67. The van der Waals surface area contributed by atoms with Crippen molar-refractivity contribution in [3.05, 3.63) is 53.2 Å². The fourth-order valence-electron chi connectivity index (χ4n) is 3.40. The SMILES string of the molecule is Cc1nc(C)c(C(=O)N2C[C@H](c3ccccc3)C(C)(C)C2)o1. The lowest BCUT2D eigenvalue weighted by Gasteiger charge is -2.25. The van der Waals surface area contributed by atoms with Gasteiger partial charge in [0.25, 0.3) is 5.91 Å². The third-order valence-electron chi connectivity index (χ3n) is 4.53. The lowest BCUT2D eigenvalue weighted by Crippen LogP contribution is -2.30. The Morgan fingerprint density at radius 3 is 2.55 bits per heavy atom. The lowest BCUT2D eigenvalue weighted by atomic mass is 9.78. The van der Waals surface area contributed by atoms with E-state index in [2.05, 4.69) is 43.1 Å². The molecule has 2 heterocycles. The Hall–Kier alpha value is -2.10. The summed E-state index contributed by atoms with van der Waals surface area (Å²) in [6.07, 6.45) is 0. The number of aromatic nitrogens is 1. The second-order valence-electron chi connectivity index (χ2n) is 6.78. The minimum atomic E-state index is -0.0513. The molecule has 1 fully saturated rings. The molecule has 1 aliphatic heterocycles. The fraction of sp³-hybridized carbons (Fsp3) is 0.444. The highest BCUT2D eigenvalue weighted by molar-refractivity contribution is 5.92. The van der Waals surface area contributed by atoms with Crippen LogP contribution in [0.25, 0.3) is 0 Å². The largest absolute Gasteiger partial charge is 0.436 e. The Kier molecular flexibility index (Phi) is 3.55. The molecule has 1 saturated heterocycles. The molecule has 0 radical (unpaired) electrons. The number of oxazole rings is 1. The van der Waals surface area contributed by atoms with Gasteiger partial charge in [0.2, 0.25) is 5.76 Å². The predicted molar refractivity (Wildman–Crippen MR) is 84.8 cm³/mol. The van der Waals surface area contributed by atoms with Crippen LogP contribution in [0, 0.1) is 19.3 Å². The molecule has 0 saturated carbocycles. The van der Waals surface area contributed by atoms with Gasteiger partial charge in [0, 0.05) is 25.9 Å². The van der Waals surface area contributed by atoms with E-state index in [0.717, 1.165) is 13.1 Å². The molecule has 1 amide bonds. The van der Waals surface area contributed by atoms with Crippen LogP contribution in [0.1, 0.15) is 47.5 Å². The van der Waals surface area contributed by atoms with Gasteiger partial charge in [0.15, 0.2) is 5.89 Å². The van der Waals surface area contributed by atoms with E-state index in [-0.39, 0.29) is 11.3 Å². The first-order chi connectivity index (χ1) is 10.4. The van der Waals surface area contributed by atoms with E-state index < -0.39 is 0 Å². The Bertz CT molecular complexity index is 688. The molecule has 0 bridgehead atoms. The monoisotopic (exact) mass is 298 g/mol. The number of carbonyl (C=O) groups excluding carboxylic acids is 1. The third-order valence-corrected chi connectivity index (χ3v) is 4.53. The maximum absolute atomic E-state index is 12.7. The van der Waals surface area contributed by atoms with E-state index in [9.17, 15) is 4.79 Å². The van der Waals surface area contributed by atoms with Crippen molar-refractivity contribution < 1.29 is 9.21 Å². The topological polar surface area (TPSA) is 46.3 Å². The molecular formula is C18H22N2O2. The van der Waals surface area contributed by atoms with Crippen LogP contribution in [-0.4, -0.2) is 28.9 Å². The number of nitrogens with zero attached hydrogens (tertiary/aromatic N) is 2. The Balaban J connectivity index is 1.86. The molecule has 1 aromatic carbocycles. The number of rotatable bonds is 2. The number of aryl methyl sites for hydroxylation is 2. The molecule has 4 heteroatoms. The van der Waals surface area contributed by atoms with E-state index in [0.29, 0.717) is 23.3 Å². The number of amides is 1. The smallest absolute Gasteiger partial charge is 0.291 e. The summed E-state index contributed by atoms with van der Waals surface area (Å²) in [6.45, 7) is 9.47. The van der Waals surface area contributed by atoms with Gasteiger partial charge < -0.3 is 9.32 Å². The minimum absolute atomic E-state index is 0.0417. The number of carbonyl (C=O) groups is 1. The van der Waals surface area contributed by atoms with Crippen LogP contribution < -0.4 is 0 Å². The molecule has 1 aromatic heterocycles. The van der Waals surface area contributed by atoms with Gasteiger partial charge in [-0.25, -0.2) is 4.98 Å². The van der Waals surface area contributed by atoms with Crippen molar-refractivity contribution >= 4 is 5.91 Å². The maximum atomic E-state index is 12.7. The van der Waals surface area contributed by atoms with Crippen LogP contribution in [0.2, 0.25) is 0 Å². The quantitative estimate of drug-likeness (QED) is 0.851. The summed E-state index contributed by atoms with van der Waals surface area (Å²) < 4.78 is 5.50. The van der Waals surface area contributed by atoms with Crippen molar-refractivity contribution in [3.63, 3.8) is 0 Å². The first-order valence-electron chi connectivity index (χ1n) is 7.67. The van der Waals surface area contributed by atoms with E-state index in [4.69, 9.17) is 4.42 Å². The minimum Gasteiger partial charge on any atom is -0.436 e. The van der Waals surface area contributed by atoms with Gasteiger partial charge in [0.1, 0.15) is 0 Å². The summed E-state index contributed by atoms with van der Waals surface area (Å²) in [7, 11) is 0. The molecule has 4 nitrogen and oxygen atoms in total. The fourth-order valence-corrected chi connectivity index (χ4v) is 3.40. The van der Waals surface area contributed by atoms with Gasteiger partial charge in [-0.05, 0) is 17.9 Å². The molecule has 1 atom stereocenters. The molecule has 0 spiro atoms. The van der Waals surface area contributed by atoms with Crippen LogP contribution in [0.4, 0.5) is 0 Å². The number of hydrogen-bond acceptors (Lipinski definition) is 3. The van der Waals surface area contributed by atoms with Crippen LogP contribution in [-0.2, 0) is 0 Å². The highest BCUT2D eigenvalue weighted by Gasteiger charge is 2.43. The van der Waals surface area contributed by atoms with Gasteiger partial charge in [-0.15, -0.1) is 0 Å². The van der Waals surface area contributed by atoms with Crippen molar-refractivity contribution in [2.75, 3.05) is 13.1 Å². The summed E-state index contributed by atoms with van der Waals surface area (Å²) in [5.41, 5.74) is 2.00. The first kappa shape index (κ1) is 14.8. The molecule has 1 aliphatic rings. The van der Waals surface area contributed by atoms with Gasteiger partial charge >= 0.3 is 0 Å². The van der Waals surface area contributed by atoms with Gasteiger partial charge in [-0.2, -0.15) is 0 Å². The summed E-state index contributed by atoms with van der Waals surface area (Å²) in [5, 5.41) is 0. The second-order valence-corrected chi connectivity index (χ2v) is 6.78. The van der Waals surface area contributed by atoms with Gasteiger partial charge in [-0.1, -0.05) is 44.2 Å². The summed E-state index contributed by atoms with van der Waals surface area (Å²) in [4.78, 5) is 18.8. The zero-order chi connectivity index (χ0) is 15.9. The molecule has 22 heavy (non-hydrogen) atoms.